The Morgan fingerprint density at radius 3 is 0.551 bits per heavy atom. The Bertz CT molecular complexity index is 9410. The highest BCUT2D eigenvalue weighted by Gasteiger charge is 2.22. The summed E-state index contributed by atoms with van der Waals surface area (Å²) < 4.78 is 18.8. The van der Waals surface area contributed by atoms with E-state index in [1.807, 2.05) is 97.1 Å². The van der Waals surface area contributed by atoms with Crippen LogP contribution in [0.25, 0.3) is 268 Å². The third-order valence-electron chi connectivity index (χ3n) is 27.3. The quantitative estimate of drug-likeness (QED) is 0.0828. The number of aromatic nitrogens is 6. The molecule has 0 N–H and O–H groups in total. The lowest BCUT2D eigenvalue weighted by Gasteiger charge is -2.13. The summed E-state index contributed by atoms with van der Waals surface area (Å²) in [5.41, 5.74) is 40.0. The predicted molar refractivity (Wildman–Crippen MR) is 606 cm³/mol. The van der Waals surface area contributed by atoms with E-state index in [0.29, 0.717) is 17.5 Å². The van der Waals surface area contributed by atoms with Crippen LogP contribution >= 0.6 is 0 Å². The topological polar surface area (TPSA) is 117 Å². The molecule has 0 spiro atoms. The van der Waals surface area contributed by atoms with E-state index in [4.69, 9.17) is 43.2 Å². The van der Waals surface area contributed by atoms with Crippen molar-refractivity contribution in [2.45, 2.75) is 0 Å². The highest BCUT2D eigenvalue weighted by molar-refractivity contribution is 6.08. The molecule has 0 aliphatic carbocycles. The lowest BCUT2D eigenvalue weighted by atomic mass is 9.95. The van der Waals surface area contributed by atoms with Crippen LogP contribution in [0.3, 0.4) is 0 Å². The molecule has 0 saturated heterocycles. The van der Waals surface area contributed by atoms with E-state index in [2.05, 4.69) is 449 Å². The average molecular weight is 1880 g/mol. The number of nitrogens with zero attached hydrogens (tertiary/aromatic N) is 6. The van der Waals surface area contributed by atoms with Gasteiger partial charge in [0.05, 0.1) is 34.2 Å². The maximum Gasteiger partial charge on any atom is 0.160 e. The van der Waals surface area contributed by atoms with Gasteiger partial charge in [-0.25, -0.2) is 29.9 Å². The molecule has 0 saturated carbocycles. The highest BCUT2D eigenvalue weighted by Crippen LogP contribution is 2.43. The van der Waals surface area contributed by atoms with Crippen molar-refractivity contribution in [3.05, 3.63) is 546 Å². The minimum absolute atomic E-state index is 0.666. The molecule has 0 amide bonds. The van der Waals surface area contributed by atoms with Crippen LogP contribution in [0.4, 0.5) is 0 Å². The van der Waals surface area contributed by atoms with Gasteiger partial charge in [-0.15, -0.1) is 0 Å². The van der Waals surface area contributed by atoms with Gasteiger partial charge in [0.1, 0.15) is 33.5 Å². The summed E-state index contributed by atoms with van der Waals surface area (Å²) in [5.74, 6) is 2.01. The molecule has 0 atom stereocenters. The Labute approximate surface area is 850 Å². The summed E-state index contributed by atoms with van der Waals surface area (Å²) in [5, 5.41) is 6.61. The first-order chi connectivity index (χ1) is 72.7. The third kappa shape index (κ3) is 18.8. The molecule has 21 aromatic carbocycles. The number of rotatable bonds is 18. The van der Waals surface area contributed by atoms with E-state index in [-0.39, 0.29) is 0 Å². The molecular weight excluding hydrogens is 1790 g/mol. The summed E-state index contributed by atoms with van der Waals surface area (Å²) in [6.07, 6.45) is 0. The van der Waals surface area contributed by atoms with Crippen LogP contribution in [-0.2, 0) is 0 Å². The molecule has 147 heavy (non-hydrogen) atoms. The van der Waals surface area contributed by atoms with Crippen LogP contribution in [-0.4, -0.2) is 29.9 Å². The monoisotopic (exact) mass is 1880 g/mol. The summed E-state index contributed by atoms with van der Waals surface area (Å²) in [4.78, 5) is 31.1. The first kappa shape index (κ1) is 88.7. The van der Waals surface area contributed by atoms with E-state index >= 15 is 0 Å². The van der Waals surface area contributed by atoms with Crippen molar-refractivity contribution in [1.29, 1.82) is 0 Å². The van der Waals surface area contributed by atoms with E-state index in [1.54, 1.807) is 0 Å². The van der Waals surface area contributed by atoms with Crippen molar-refractivity contribution in [3.8, 4) is 202 Å². The van der Waals surface area contributed by atoms with E-state index in [0.717, 1.165) is 200 Å². The van der Waals surface area contributed by atoms with Crippen molar-refractivity contribution in [3.63, 3.8) is 0 Å². The summed E-state index contributed by atoms with van der Waals surface area (Å²) in [6.45, 7) is 0. The zero-order chi connectivity index (χ0) is 97.7. The fourth-order valence-electron chi connectivity index (χ4n) is 19.7. The molecule has 0 aliphatic heterocycles. The van der Waals surface area contributed by atoms with Crippen LogP contribution in [0.2, 0.25) is 0 Å². The molecule has 27 rings (SSSR count). The van der Waals surface area contributed by atoms with Crippen molar-refractivity contribution < 1.29 is 13.3 Å². The standard InChI is InChI=1S/3C46H30N2O/c1-4-12-31(13-5-1)34-20-22-35(23-21-34)42-30-43(36-24-25-41-40-18-10-11-19-44(40)49-45(41)29-36)48-46(47-42)39-27-37(32-14-6-2-7-15-32)26-38(28-39)33-16-8-3-9-17-33;1-3-11-31(12-4-1)33-21-23-34(24-22-33)42-30-43(38-25-26-41-40-19-7-8-20-44(40)49-45(41)29-38)48-46(47-42)39-18-10-17-37(28-39)36-16-9-15-35(27-36)32-13-5-2-6-14-32;1-3-10-31(11-4-1)33-18-20-35(21-19-33)37-14-9-15-39(28-37)46-47-42(36-24-22-34(23-25-36)32-12-5-2-6-13-32)30-43(48-46)38-26-27-41-40-16-7-8-17-44(40)49-45(41)29-38/h3*1-30H. The Morgan fingerprint density at radius 1 is 0.0952 bits per heavy atom. The number of hydrogen-bond donors (Lipinski definition) is 0. The Morgan fingerprint density at radius 2 is 0.265 bits per heavy atom. The normalized spacial score (nSPS) is 11.3. The lowest BCUT2D eigenvalue weighted by molar-refractivity contribution is 0.668. The third-order valence-corrected chi connectivity index (χ3v) is 27.3. The first-order valence-electron chi connectivity index (χ1n) is 49.4. The molecule has 0 unspecified atom stereocenters. The summed E-state index contributed by atoms with van der Waals surface area (Å²) >= 11 is 0. The number of fused-ring (bicyclic) bond motifs is 9. The van der Waals surface area contributed by atoms with Crippen LogP contribution in [0.5, 0.6) is 0 Å². The second-order valence-electron chi connectivity index (χ2n) is 36.7. The van der Waals surface area contributed by atoms with Crippen molar-refractivity contribution >= 4 is 65.8 Å². The average Bonchev–Trinajstić information content (AvgIpc) is 1.73. The van der Waals surface area contributed by atoms with Gasteiger partial charge < -0.3 is 13.3 Å². The van der Waals surface area contributed by atoms with E-state index < -0.39 is 0 Å². The maximum atomic E-state index is 6.29. The van der Waals surface area contributed by atoms with E-state index in [1.165, 1.54) is 50.1 Å². The summed E-state index contributed by atoms with van der Waals surface area (Å²) in [7, 11) is 0. The van der Waals surface area contributed by atoms with Gasteiger partial charge in [-0.3, -0.25) is 0 Å². The summed E-state index contributed by atoms with van der Waals surface area (Å²) in [6, 6.07) is 190. The molecule has 0 fully saturated rings. The van der Waals surface area contributed by atoms with Gasteiger partial charge in [0.15, 0.2) is 17.5 Å². The zero-order valence-corrected chi connectivity index (χ0v) is 79.9. The van der Waals surface area contributed by atoms with Gasteiger partial charge in [0.25, 0.3) is 0 Å². The molecule has 9 heteroatoms. The maximum absolute atomic E-state index is 6.29. The number of hydrogen-bond acceptors (Lipinski definition) is 9. The Kier molecular flexibility index (Phi) is 24.0. The Hall–Kier alpha value is -19.7. The van der Waals surface area contributed by atoms with Crippen LogP contribution in [0.15, 0.2) is 559 Å². The van der Waals surface area contributed by atoms with Gasteiger partial charge in [-0.1, -0.05) is 437 Å². The predicted octanol–water partition coefficient (Wildman–Crippen LogP) is 37.1. The zero-order valence-electron chi connectivity index (χ0n) is 79.9. The molecule has 9 nitrogen and oxygen atoms in total. The van der Waals surface area contributed by atoms with Gasteiger partial charge in [-0.2, -0.15) is 0 Å². The molecule has 6 aromatic heterocycles. The number of furan rings is 3. The van der Waals surface area contributed by atoms with Crippen molar-refractivity contribution in [2.75, 3.05) is 0 Å². The second kappa shape index (κ2) is 39.7. The van der Waals surface area contributed by atoms with Crippen molar-refractivity contribution in [2.24, 2.45) is 0 Å². The molecule has 27 aromatic rings. The van der Waals surface area contributed by atoms with Crippen LogP contribution in [0.1, 0.15) is 0 Å². The van der Waals surface area contributed by atoms with Gasteiger partial charge in [-0.05, 0) is 209 Å². The minimum atomic E-state index is 0.666. The highest BCUT2D eigenvalue weighted by atomic mass is 16.3. The van der Waals surface area contributed by atoms with Gasteiger partial charge in [0.2, 0.25) is 0 Å². The van der Waals surface area contributed by atoms with E-state index in [9.17, 15) is 0 Å². The largest absolute Gasteiger partial charge is 0.456 e. The molecule has 690 valence electrons. The number of para-hydroxylation sites is 3. The fraction of sp³-hybridized carbons (Fsp3) is 0. The van der Waals surface area contributed by atoms with Gasteiger partial charge in [0, 0.05) is 82.4 Å². The molecule has 0 bridgehead atoms. The molecular formula is C138H90N6O3. The van der Waals surface area contributed by atoms with Crippen LogP contribution < -0.4 is 0 Å². The molecule has 0 aliphatic rings. The smallest absolute Gasteiger partial charge is 0.160 e. The SMILES string of the molecule is c1ccc(-c2ccc(-c3cc(-c4ccc5c(c4)oc4ccccc45)nc(-c4cc(-c5ccccc5)cc(-c5ccccc5)c4)n3)cc2)cc1.c1ccc(-c2ccc(-c3cc(-c4ccc5c(c4)oc4ccccc45)nc(-c4cccc(-c5cccc(-c6ccccc6)c5)c4)n3)cc2)cc1.c1ccc(-c2ccc(-c3cccc(-c4nc(-c5ccc(-c6ccccc6)cc5)cc(-c5ccc6c(c5)oc5ccccc56)n4)c3)cc2)cc1. The van der Waals surface area contributed by atoms with Gasteiger partial charge >= 0.3 is 0 Å². The minimum Gasteiger partial charge on any atom is -0.456 e. The molecule has 0 radical (unpaired) electrons. The number of benzene rings is 21. The van der Waals surface area contributed by atoms with Crippen molar-refractivity contribution in [1.82, 2.24) is 29.9 Å². The van der Waals surface area contributed by atoms with Crippen LogP contribution in [0, 0.1) is 0 Å². The Balaban J connectivity index is 0.000000115. The molecule has 6 heterocycles. The fourth-order valence-corrected chi connectivity index (χ4v) is 19.7. The second-order valence-corrected chi connectivity index (χ2v) is 36.7. The first-order valence-corrected chi connectivity index (χ1v) is 49.4. The lowest BCUT2D eigenvalue weighted by Crippen LogP contribution is -1.97.